The summed E-state index contributed by atoms with van der Waals surface area (Å²) in [5.74, 6) is 0.358. The normalized spacial score (nSPS) is 10.5. The number of fused-ring (bicyclic) bond motifs is 1. The Morgan fingerprint density at radius 3 is 2.95 bits per heavy atom. The Morgan fingerprint density at radius 2 is 2.14 bits per heavy atom. The summed E-state index contributed by atoms with van der Waals surface area (Å²) in [6, 6.07) is 8.47. The molecule has 0 aliphatic carbocycles. The Balaban J connectivity index is 1.99. The summed E-state index contributed by atoms with van der Waals surface area (Å²) in [4.78, 5) is 19.0. The van der Waals surface area contributed by atoms with E-state index in [0.717, 1.165) is 11.0 Å². The fourth-order valence-electron chi connectivity index (χ4n) is 2.00. The molecule has 0 spiro atoms. The van der Waals surface area contributed by atoms with Gasteiger partial charge in [-0.1, -0.05) is 0 Å². The van der Waals surface area contributed by atoms with Crippen LogP contribution in [0.25, 0.3) is 11.0 Å². The fourth-order valence-corrected chi connectivity index (χ4v) is 2.00. The molecule has 21 heavy (non-hydrogen) atoms. The number of nitrogens with two attached hydrogens (primary N) is 1. The van der Waals surface area contributed by atoms with Crippen molar-refractivity contribution in [2.75, 3.05) is 12.8 Å². The van der Waals surface area contributed by atoms with Gasteiger partial charge in [-0.15, -0.1) is 0 Å². The lowest BCUT2D eigenvalue weighted by atomic mass is 10.2. The van der Waals surface area contributed by atoms with Gasteiger partial charge in [0.1, 0.15) is 22.7 Å². The molecule has 1 aromatic carbocycles. The minimum Gasteiger partial charge on any atom is -0.465 e. The molecule has 3 rings (SSSR count). The number of nitrogens with one attached hydrogen (secondary N) is 1. The van der Waals surface area contributed by atoms with Crippen LogP contribution in [0.3, 0.4) is 0 Å². The van der Waals surface area contributed by atoms with E-state index in [4.69, 9.17) is 15.2 Å². The number of benzene rings is 1. The van der Waals surface area contributed by atoms with Gasteiger partial charge in [0.15, 0.2) is 0 Å². The number of carbonyl (C=O) groups is 1. The highest BCUT2D eigenvalue weighted by molar-refractivity contribution is 5.93. The van der Waals surface area contributed by atoms with Crippen molar-refractivity contribution in [3.63, 3.8) is 0 Å². The van der Waals surface area contributed by atoms with E-state index in [2.05, 4.69) is 9.97 Å². The number of nitrogen functional groups attached to an aromatic ring is 1. The number of aromatic nitrogens is 2. The van der Waals surface area contributed by atoms with E-state index in [9.17, 15) is 4.79 Å². The SMILES string of the molecule is COC(=O)c1ccc(N)cc1Oc1cnc2[nH]ccc2c1. The molecule has 0 radical (unpaired) electrons. The monoisotopic (exact) mass is 283 g/mol. The number of aromatic amines is 1. The molecule has 0 aliphatic rings. The molecule has 2 aromatic heterocycles. The quantitative estimate of drug-likeness (QED) is 0.569. The second-order valence-electron chi connectivity index (χ2n) is 4.44. The highest BCUT2D eigenvalue weighted by Gasteiger charge is 2.14. The Bertz CT molecular complexity index is 811. The van der Waals surface area contributed by atoms with Crippen LogP contribution in [0.4, 0.5) is 5.69 Å². The van der Waals surface area contributed by atoms with Gasteiger partial charge >= 0.3 is 5.97 Å². The first-order chi connectivity index (χ1) is 10.2. The van der Waals surface area contributed by atoms with Crippen molar-refractivity contribution in [3.05, 3.63) is 48.3 Å². The first-order valence-corrected chi connectivity index (χ1v) is 6.26. The maximum Gasteiger partial charge on any atom is 0.341 e. The molecule has 0 amide bonds. The Kier molecular flexibility index (Phi) is 3.19. The van der Waals surface area contributed by atoms with Crippen molar-refractivity contribution in [3.8, 4) is 11.5 Å². The van der Waals surface area contributed by atoms with Crippen LogP contribution < -0.4 is 10.5 Å². The van der Waals surface area contributed by atoms with Gasteiger partial charge in [0.05, 0.1) is 13.3 Å². The summed E-state index contributed by atoms with van der Waals surface area (Å²) in [6.45, 7) is 0. The Labute approximate surface area is 120 Å². The molecule has 0 atom stereocenters. The third-order valence-corrected chi connectivity index (χ3v) is 3.01. The smallest absolute Gasteiger partial charge is 0.341 e. The number of anilines is 1. The third-order valence-electron chi connectivity index (χ3n) is 3.01. The number of methoxy groups -OCH3 is 1. The summed E-state index contributed by atoms with van der Waals surface area (Å²) < 4.78 is 10.5. The van der Waals surface area contributed by atoms with Gasteiger partial charge in [0.2, 0.25) is 0 Å². The van der Waals surface area contributed by atoms with Crippen LogP contribution in [0.2, 0.25) is 0 Å². The molecule has 2 heterocycles. The zero-order valence-electron chi connectivity index (χ0n) is 11.3. The van der Waals surface area contributed by atoms with Gasteiger partial charge in [0.25, 0.3) is 0 Å². The summed E-state index contributed by atoms with van der Waals surface area (Å²) in [7, 11) is 1.32. The van der Waals surface area contributed by atoms with Crippen LogP contribution >= 0.6 is 0 Å². The number of rotatable bonds is 3. The summed E-state index contributed by atoms with van der Waals surface area (Å²) in [6.07, 6.45) is 3.37. The van der Waals surface area contributed by atoms with Crippen LogP contribution in [-0.4, -0.2) is 23.0 Å². The molecule has 6 heteroatoms. The van der Waals surface area contributed by atoms with E-state index < -0.39 is 5.97 Å². The predicted octanol–water partition coefficient (Wildman–Crippen LogP) is 2.72. The summed E-state index contributed by atoms with van der Waals surface area (Å²) >= 11 is 0. The molecule has 0 saturated carbocycles. The molecule has 0 bridgehead atoms. The number of hydrogen-bond acceptors (Lipinski definition) is 5. The van der Waals surface area contributed by atoms with Gasteiger partial charge in [-0.05, 0) is 24.3 Å². The molecule has 3 aromatic rings. The minimum atomic E-state index is -0.485. The van der Waals surface area contributed by atoms with Gasteiger partial charge in [-0.2, -0.15) is 0 Å². The van der Waals surface area contributed by atoms with Crippen molar-refractivity contribution in [2.45, 2.75) is 0 Å². The van der Waals surface area contributed by atoms with E-state index in [1.165, 1.54) is 7.11 Å². The highest BCUT2D eigenvalue weighted by atomic mass is 16.5. The average molecular weight is 283 g/mol. The zero-order valence-corrected chi connectivity index (χ0v) is 11.3. The molecule has 106 valence electrons. The van der Waals surface area contributed by atoms with Crippen molar-refractivity contribution in [1.29, 1.82) is 0 Å². The van der Waals surface area contributed by atoms with Gasteiger partial charge in [-0.25, -0.2) is 9.78 Å². The third kappa shape index (κ3) is 2.51. The highest BCUT2D eigenvalue weighted by Crippen LogP contribution is 2.29. The Hall–Kier alpha value is -3.02. The van der Waals surface area contributed by atoms with Crippen LogP contribution in [0.15, 0.2) is 42.7 Å². The van der Waals surface area contributed by atoms with Crippen LogP contribution in [0, 0.1) is 0 Å². The van der Waals surface area contributed by atoms with Crippen LogP contribution in [0.1, 0.15) is 10.4 Å². The largest absolute Gasteiger partial charge is 0.465 e. The van der Waals surface area contributed by atoms with Crippen molar-refractivity contribution < 1.29 is 14.3 Å². The number of H-pyrrole nitrogens is 1. The lowest BCUT2D eigenvalue weighted by molar-refractivity contribution is 0.0598. The first-order valence-electron chi connectivity index (χ1n) is 6.26. The van der Waals surface area contributed by atoms with E-state index in [1.807, 2.05) is 12.1 Å². The van der Waals surface area contributed by atoms with Gasteiger partial charge < -0.3 is 20.2 Å². The average Bonchev–Trinajstić information content (AvgIpc) is 2.94. The molecule has 0 fully saturated rings. The lowest BCUT2D eigenvalue weighted by Gasteiger charge is -2.10. The molecule has 3 N–H and O–H groups in total. The first kappa shape index (κ1) is 13.0. The molecule has 6 nitrogen and oxygen atoms in total. The molecular formula is C15H13N3O3. The lowest BCUT2D eigenvalue weighted by Crippen LogP contribution is -2.04. The molecule has 0 saturated heterocycles. The number of ether oxygens (including phenoxy) is 2. The van der Waals surface area contributed by atoms with Gasteiger partial charge in [-0.3, -0.25) is 0 Å². The van der Waals surface area contributed by atoms with E-state index in [1.54, 1.807) is 30.6 Å². The molecular weight excluding hydrogens is 270 g/mol. The van der Waals surface area contributed by atoms with Crippen molar-refractivity contribution in [2.24, 2.45) is 0 Å². The second-order valence-corrected chi connectivity index (χ2v) is 4.44. The van der Waals surface area contributed by atoms with Crippen molar-refractivity contribution >= 4 is 22.7 Å². The van der Waals surface area contributed by atoms with E-state index in [-0.39, 0.29) is 0 Å². The molecule has 0 unspecified atom stereocenters. The number of nitrogens with zero attached hydrogens (tertiary/aromatic N) is 1. The number of esters is 1. The number of carbonyl (C=O) groups excluding carboxylic acids is 1. The maximum atomic E-state index is 11.7. The van der Waals surface area contributed by atoms with E-state index in [0.29, 0.717) is 22.7 Å². The van der Waals surface area contributed by atoms with Crippen LogP contribution in [-0.2, 0) is 4.74 Å². The topological polar surface area (TPSA) is 90.2 Å². The summed E-state index contributed by atoms with van der Waals surface area (Å²) in [5.41, 5.74) is 7.31. The fraction of sp³-hybridized carbons (Fsp3) is 0.0667. The van der Waals surface area contributed by atoms with Crippen LogP contribution in [0.5, 0.6) is 11.5 Å². The van der Waals surface area contributed by atoms with Crippen molar-refractivity contribution in [1.82, 2.24) is 9.97 Å². The van der Waals surface area contributed by atoms with E-state index >= 15 is 0 Å². The van der Waals surface area contributed by atoms with Gasteiger partial charge in [0, 0.05) is 23.3 Å². The number of hydrogen-bond donors (Lipinski definition) is 2. The molecule has 0 aliphatic heterocycles. The predicted molar refractivity (Wildman–Crippen MR) is 78.4 cm³/mol. The second kappa shape index (κ2) is 5.16. The Morgan fingerprint density at radius 1 is 1.29 bits per heavy atom. The zero-order chi connectivity index (χ0) is 14.8. The maximum absolute atomic E-state index is 11.7. The standard InChI is InChI=1S/C15H13N3O3/c1-20-15(19)12-3-2-10(16)7-13(12)21-11-6-9-4-5-17-14(9)18-8-11/h2-8H,16H2,1H3,(H,17,18). The number of pyridine rings is 1. The summed E-state index contributed by atoms with van der Waals surface area (Å²) in [5, 5.41) is 0.913. The minimum absolute atomic E-state index is 0.306.